The van der Waals surface area contributed by atoms with Crippen LogP contribution in [0.15, 0.2) is 24.3 Å². The molecule has 0 atom stereocenters. The third kappa shape index (κ3) is 2.69. The van der Waals surface area contributed by atoms with E-state index in [1.165, 1.54) is 12.0 Å². The molecule has 0 fully saturated rings. The number of hydrogen-bond acceptors (Lipinski definition) is 1. The molecule has 0 spiro atoms. The Bertz CT molecular complexity index is 223. The maximum absolute atomic E-state index is 5.07. The predicted molar refractivity (Wildman–Crippen MR) is 55.1 cm³/mol. The van der Waals surface area contributed by atoms with Crippen LogP contribution in [0, 0.1) is 0 Å². The first-order valence-electron chi connectivity index (χ1n) is 3.74. The predicted octanol–water partition coefficient (Wildman–Crippen LogP) is 3.37. The minimum Gasteiger partial charge on any atom is -0.428 e. The maximum atomic E-state index is 5.07. The van der Waals surface area contributed by atoms with Crippen molar-refractivity contribution < 1.29 is 3.07 Å². The van der Waals surface area contributed by atoms with Gasteiger partial charge in [0.15, 0.2) is 23.0 Å². The highest BCUT2D eigenvalue weighted by atomic mass is 127. The first-order chi connectivity index (χ1) is 5.36. The Morgan fingerprint density at radius 1 is 1.45 bits per heavy atom. The molecule has 0 aliphatic rings. The van der Waals surface area contributed by atoms with Gasteiger partial charge in [-0.25, -0.2) is 0 Å². The smallest absolute Gasteiger partial charge is 0.192 e. The molecule has 1 rings (SSSR count). The lowest BCUT2D eigenvalue weighted by Gasteiger charge is -2.00. The van der Waals surface area contributed by atoms with Gasteiger partial charge < -0.3 is 3.07 Å². The van der Waals surface area contributed by atoms with Crippen LogP contribution >= 0.6 is 23.0 Å². The summed E-state index contributed by atoms with van der Waals surface area (Å²) in [6.45, 7) is 2.18. The molecule has 0 saturated heterocycles. The molecule has 0 saturated carbocycles. The van der Waals surface area contributed by atoms with Gasteiger partial charge in [-0.05, 0) is 24.1 Å². The van der Waals surface area contributed by atoms with E-state index in [4.69, 9.17) is 3.07 Å². The summed E-state index contributed by atoms with van der Waals surface area (Å²) in [4.78, 5) is 0. The summed E-state index contributed by atoms with van der Waals surface area (Å²) in [6, 6.07) is 8.20. The van der Waals surface area contributed by atoms with E-state index in [2.05, 4.69) is 19.1 Å². The van der Waals surface area contributed by atoms with Crippen molar-refractivity contribution >= 4 is 23.0 Å². The Hall–Kier alpha value is -0.250. The van der Waals surface area contributed by atoms with Gasteiger partial charge in [-0.2, -0.15) is 0 Å². The molecule has 0 unspecified atom stereocenters. The number of benzene rings is 1. The molecule has 0 radical (unpaired) electrons. The van der Waals surface area contributed by atoms with Gasteiger partial charge >= 0.3 is 0 Å². The summed E-state index contributed by atoms with van der Waals surface area (Å²) in [6.07, 6.45) is 2.32. The molecular weight excluding hydrogens is 251 g/mol. The van der Waals surface area contributed by atoms with Crippen molar-refractivity contribution in [1.82, 2.24) is 0 Å². The molecule has 2 heteroatoms. The summed E-state index contributed by atoms with van der Waals surface area (Å²) in [7, 11) is 0. The lowest BCUT2D eigenvalue weighted by atomic mass is 10.1. The minimum absolute atomic E-state index is 0.941. The SMILES string of the molecule is CCCc1cccc(OI)c1. The van der Waals surface area contributed by atoms with Crippen LogP contribution in [0.4, 0.5) is 0 Å². The minimum atomic E-state index is 0.941. The Morgan fingerprint density at radius 2 is 2.27 bits per heavy atom. The average molecular weight is 262 g/mol. The highest BCUT2D eigenvalue weighted by Gasteiger charge is 1.93. The maximum Gasteiger partial charge on any atom is 0.192 e. The molecular formula is C9H11IO. The third-order valence-electron chi connectivity index (χ3n) is 1.53. The van der Waals surface area contributed by atoms with Gasteiger partial charge in [0.05, 0.1) is 0 Å². The first-order valence-corrected chi connectivity index (χ1v) is 4.62. The fourth-order valence-corrected chi connectivity index (χ4v) is 1.31. The zero-order chi connectivity index (χ0) is 8.10. The topological polar surface area (TPSA) is 9.23 Å². The second-order valence-corrected chi connectivity index (χ2v) is 2.91. The lowest BCUT2D eigenvalue weighted by molar-refractivity contribution is 0.714. The summed E-state index contributed by atoms with van der Waals surface area (Å²) in [5, 5.41) is 0. The fourth-order valence-electron chi connectivity index (χ4n) is 1.04. The monoisotopic (exact) mass is 262 g/mol. The van der Waals surface area contributed by atoms with Crippen molar-refractivity contribution in [2.75, 3.05) is 0 Å². The van der Waals surface area contributed by atoms with E-state index in [0.717, 1.165) is 12.2 Å². The Labute approximate surface area is 81.5 Å². The highest BCUT2D eigenvalue weighted by Crippen LogP contribution is 2.16. The molecule has 1 aromatic carbocycles. The molecule has 0 bridgehead atoms. The van der Waals surface area contributed by atoms with Crippen molar-refractivity contribution in [3.05, 3.63) is 29.8 Å². The quantitative estimate of drug-likeness (QED) is 0.759. The third-order valence-corrected chi connectivity index (χ3v) is 2.03. The van der Waals surface area contributed by atoms with Gasteiger partial charge in [-0.1, -0.05) is 25.5 Å². The van der Waals surface area contributed by atoms with E-state index < -0.39 is 0 Å². The van der Waals surface area contributed by atoms with Crippen molar-refractivity contribution in [2.45, 2.75) is 19.8 Å². The van der Waals surface area contributed by atoms with Crippen LogP contribution in [-0.2, 0) is 6.42 Å². The molecule has 1 nitrogen and oxygen atoms in total. The molecule has 0 heterocycles. The Morgan fingerprint density at radius 3 is 2.91 bits per heavy atom. The zero-order valence-corrected chi connectivity index (χ0v) is 8.67. The van der Waals surface area contributed by atoms with Crippen LogP contribution < -0.4 is 3.07 Å². The van der Waals surface area contributed by atoms with Crippen LogP contribution in [0.1, 0.15) is 18.9 Å². The molecule has 0 N–H and O–H groups in total. The van der Waals surface area contributed by atoms with Crippen molar-refractivity contribution in [2.24, 2.45) is 0 Å². The Balaban J connectivity index is 2.74. The standard InChI is InChI=1S/C9H11IO/c1-2-4-8-5-3-6-9(7-8)11-10/h3,5-7H,2,4H2,1H3. The molecule has 0 aromatic heterocycles. The summed E-state index contributed by atoms with van der Waals surface area (Å²) >= 11 is 1.90. The molecule has 11 heavy (non-hydrogen) atoms. The van der Waals surface area contributed by atoms with E-state index in [1.54, 1.807) is 0 Å². The summed E-state index contributed by atoms with van der Waals surface area (Å²) in [5.74, 6) is 0.941. The van der Waals surface area contributed by atoms with Gasteiger partial charge in [0.25, 0.3) is 0 Å². The van der Waals surface area contributed by atoms with E-state index >= 15 is 0 Å². The van der Waals surface area contributed by atoms with Crippen LogP contribution in [0.2, 0.25) is 0 Å². The van der Waals surface area contributed by atoms with Crippen LogP contribution in [0.5, 0.6) is 5.75 Å². The first kappa shape index (κ1) is 8.84. The van der Waals surface area contributed by atoms with E-state index in [0.29, 0.717) is 0 Å². The van der Waals surface area contributed by atoms with Crippen LogP contribution in [0.25, 0.3) is 0 Å². The number of aryl methyl sites for hydroxylation is 1. The van der Waals surface area contributed by atoms with Crippen molar-refractivity contribution in [1.29, 1.82) is 0 Å². The number of hydrogen-bond donors (Lipinski definition) is 0. The number of halogens is 1. The average Bonchev–Trinajstić information content (AvgIpc) is 2.06. The largest absolute Gasteiger partial charge is 0.428 e. The second kappa shape index (κ2) is 4.59. The van der Waals surface area contributed by atoms with Crippen molar-refractivity contribution in [3.63, 3.8) is 0 Å². The van der Waals surface area contributed by atoms with Crippen LogP contribution in [-0.4, -0.2) is 0 Å². The van der Waals surface area contributed by atoms with E-state index in [1.807, 2.05) is 35.1 Å². The summed E-state index contributed by atoms with van der Waals surface area (Å²) in [5.41, 5.74) is 1.35. The van der Waals surface area contributed by atoms with E-state index in [9.17, 15) is 0 Å². The van der Waals surface area contributed by atoms with Gasteiger partial charge in [-0.15, -0.1) is 0 Å². The lowest BCUT2D eigenvalue weighted by Crippen LogP contribution is -1.82. The summed E-state index contributed by atoms with van der Waals surface area (Å²) < 4.78 is 5.07. The highest BCUT2D eigenvalue weighted by molar-refractivity contribution is 14.1. The van der Waals surface area contributed by atoms with E-state index in [-0.39, 0.29) is 0 Å². The second-order valence-electron chi connectivity index (χ2n) is 2.47. The molecule has 0 aliphatic carbocycles. The van der Waals surface area contributed by atoms with Crippen LogP contribution in [0.3, 0.4) is 0 Å². The van der Waals surface area contributed by atoms with Gasteiger partial charge in [-0.3, -0.25) is 0 Å². The number of rotatable bonds is 3. The molecule has 60 valence electrons. The zero-order valence-electron chi connectivity index (χ0n) is 6.51. The van der Waals surface area contributed by atoms with Gasteiger partial charge in [0, 0.05) is 0 Å². The van der Waals surface area contributed by atoms with Gasteiger partial charge in [0.1, 0.15) is 5.75 Å². The fraction of sp³-hybridized carbons (Fsp3) is 0.333. The molecule has 0 aliphatic heterocycles. The molecule has 0 amide bonds. The Kier molecular flexibility index (Phi) is 3.69. The van der Waals surface area contributed by atoms with Gasteiger partial charge in [0.2, 0.25) is 0 Å². The van der Waals surface area contributed by atoms with Crippen molar-refractivity contribution in [3.8, 4) is 5.75 Å². The molecule has 1 aromatic rings. The normalized spacial score (nSPS) is 9.64.